The van der Waals surface area contributed by atoms with Crippen LogP contribution in [0.1, 0.15) is 5.56 Å². The van der Waals surface area contributed by atoms with E-state index in [1.165, 1.54) is 32.8 Å². The molecular weight excluding hydrogens is 484 g/mol. The molecule has 0 amide bonds. The smallest absolute Gasteiger partial charge is 0.268 e. The Hall–Kier alpha value is -2.79. The zero-order chi connectivity index (χ0) is 21.9. The molecule has 0 unspecified atom stereocenters. The summed E-state index contributed by atoms with van der Waals surface area (Å²) in [4.78, 5) is 7.07. The van der Waals surface area contributed by atoms with Gasteiger partial charge in [-0.05, 0) is 34.1 Å². The van der Waals surface area contributed by atoms with Gasteiger partial charge in [-0.15, -0.1) is 0 Å². The monoisotopic (exact) mass is 499 g/mol. The molecule has 0 N–H and O–H groups in total. The maximum atomic E-state index is 14.4. The first-order chi connectivity index (χ1) is 14.3. The van der Waals surface area contributed by atoms with E-state index in [9.17, 15) is 17.2 Å². The summed E-state index contributed by atoms with van der Waals surface area (Å²) in [5, 5.41) is 0. The molecule has 0 atom stereocenters. The van der Waals surface area contributed by atoms with Crippen molar-refractivity contribution in [1.82, 2.24) is 9.97 Å². The molecule has 0 saturated carbocycles. The number of benzene rings is 2. The first-order valence-corrected chi connectivity index (χ1v) is 10.7. The Morgan fingerprint density at radius 2 is 1.83 bits per heavy atom. The summed E-state index contributed by atoms with van der Waals surface area (Å²) in [6.07, 6.45) is 2.52. The molecule has 0 radical (unpaired) electrons. The first kappa shape index (κ1) is 21.9. The highest BCUT2D eigenvalue weighted by Crippen LogP contribution is 2.32. The molecule has 3 aromatic rings. The predicted octanol–water partition coefficient (Wildman–Crippen LogP) is 3.93. The molecule has 0 spiro atoms. The number of anilines is 1. The van der Waals surface area contributed by atoms with E-state index in [1.807, 2.05) is 0 Å². The highest BCUT2D eigenvalue weighted by Gasteiger charge is 2.31. The van der Waals surface area contributed by atoms with Crippen molar-refractivity contribution in [2.45, 2.75) is 11.4 Å². The Morgan fingerprint density at radius 1 is 1.07 bits per heavy atom. The summed E-state index contributed by atoms with van der Waals surface area (Å²) in [6, 6.07) is 7.59. The minimum absolute atomic E-state index is 0.00252. The van der Waals surface area contributed by atoms with Crippen LogP contribution >= 0.6 is 15.9 Å². The van der Waals surface area contributed by atoms with Gasteiger partial charge in [-0.2, -0.15) is 0 Å². The zero-order valence-electron chi connectivity index (χ0n) is 15.8. The van der Waals surface area contributed by atoms with Crippen molar-refractivity contribution in [2.75, 3.05) is 18.5 Å². The van der Waals surface area contributed by atoms with Crippen molar-refractivity contribution >= 4 is 31.8 Å². The molecule has 0 saturated heterocycles. The molecule has 1 heterocycles. The van der Waals surface area contributed by atoms with Gasteiger partial charge in [-0.1, -0.05) is 0 Å². The second kappa shape index (κ2) is 8.92. The van der Waals surface area contributed by atoms with Crippen LogP contribution in [0, 0.1) is 11.6 Å². The van der Waals surface area contributed by atoms with Gasteiger partial charge in [0.25, 0.3) is 10.0 Å². The molecule has 7 nitrogen and oxygen atoms in total. The Kier molecular flexibility index (Phi) is 6.52. The van der Waals surface area contributed by atoms with Crippen molar-refractivity contribution in [3.8, 4) is 11.5 Å². The largest absolute Gasteiger partial charge is 0.497 e. The lowest BCUT2D eigenvalue weighted by atomic mass is 10.2. The molecule has 0 fully saturated rings. The average Bonchev–Trinajstić information content (AvgIpc) is 2.74. The quantitative estimate of drug-likeness (QED) is 0.458. The average molecular weight is 500 g/mol. The maximum absolute atomic E-state index is 14.4. The number of rotatable bonds is 7. The van der Waals surface area contributed by atoms with Crippen LogP contribution in [0.15, 0.2) is 58.3 Å². The standard InChI is InChI=1S/C19H16BrF2N3O4S/c1-28-13-4-3-12(17(7-13)29-2)10-25(19-5-6-23-11-24-19)30(26,27)18-8-14(20)15(21)9-16(18)22/h3-9,11H,10H2,1-2H3. The lowest BCUT2D eigenvalue weighted by molar-refractivity contribution is 0.391. The molecule has 2 aromatic carbocycles. The molecular formula is C19H16BrF2N3O4S. The Bertz CT molecular complexity index is 1160. The normalized spacial score (nSPS) is 11.2. The molecule has 3 rings (SSSR count). The highest BCUT2D eigenvalue weighted by molar-refractivity contribution is 9.10. The fourth-order valence-corrected chi connectivity index (χ4v) is 4.65. The number of halogens is 3. The number of methoxy groups -OCH3 is 2. The maximum Gasteiger partial charge on any atom is 0.268 e. The summed E-state index contributed by atoms with van der Waals surface area (Å²) in [5.74, 6) is -1.26. The van der Waals surface area contributed by atoms with Gasteiger partial charge >= 0.3 is 0 Å². The van der Waals surface area contributed by atoms with E-state index < -0.39 is 26.6 Å². The van der Waals surface area contributed by atoms with Crippen molar-refractivity contribution < 1.29 is 26.7 Å². The number of ether oxygens (including phenoxy) is 2. The molecule has 0 aliphatic carbocycles. The lowest BCUT2D eigenvalue weighted by Gasteiger charge is -2.24. The summed E-state index contributed by atoms with van der Waals surface area (Å²) < 4.78 is 66.0. The third-order valence-corrected chi connectivity index (χ3v) is 6.55. The van der Waals surface area contributed by atoms with Gasteiger partial charge < -0.3 is 9.47 Å². The van der Waals surface area contributed by atoms with E-state index in [1.54, 1.807) is 18.2 Å². The number of nitrogens with zero attached hydrogens (tertiary/aromatic N) is 3. The second-order valence-electron chi connectivity index (χ2n) is 5.95. The fraction of sp³-hybridized carbons (Fsp3) is 0.158. The Labute approximate surface area is 180 Å². The first-order valence-electron chi connectivity index (χ1n) is 8.42. The van der Waals surface area contributed by atoms with Gasteiger partial charge in [-0.3, -0.25) is 0 Å². The van der Waals surface area contributed by atoms with Gasteiger partial charge in [0.1, 0.15) is 40.2 Å². The minimum Gasteiger partial charge on any atom is -0.497 e. The minimum atomic E-state index is -4.48. The molecule has 30 heavy (non-hydrogen) atoms. The number of hydrogen-bond acceptors (Lipinski definition) is 6. The van der Waals surface area contributed by atoms with Gasteiger partial charge in [0.2, 0.25) is 0 Å². The van der Waals surface area contributed by atoms with Crippen LogP contribution in [0.5, 0.6) is 11.5 Å². The Morgan fingerprint density at radius 3 is 2.47 bits per heavy atom. The highest BCUT2D eigenvalue weighted by atomic mass is 79.9. The summed E-state index contributed by atoms with van der Waals surface area (Å²) in [6.45, 7) is -0.235. The Balaban J connectivity index is 2.14. The summed E-state index contributed by atoms with van der Waals surface area (Å²) in [7, 11) is -1.56. The SMILES string of the molecule is COc1ccc(CN(c2ccncn2)S(=O)(=O)c2cc(Br)c(F)cc2F)c(OC)c1. The molecule has 1 aromatic heterocycles. The molecule has 0 aliphatic rings. The summed E-state index contributed by atoms with van der Waals surface area (Å²) in [5.41, 5.74) is 0.474. The summed E-state index contributed by atoms with van der Waals surface area (Å²) >= 11 is 2.90. The van der Waals surface area contributed by atoms with Crippen LogP contribution in [0.25, 0.3) is 0 Å². The van der Waals surface area contributed by atoms with E-state index in [-0.39, 0.29) is 16.8 Å². The molecule has 0 aliphatic heterocycles. The van der Waals surface area contributed by atoms with Crippen molar-refractivity contribution in [3.05, 3.63) is 70.6 Å². The van der Waals surface area contributed by atoms with E-state index >= 15 is 0 Å². The van der Waals surface area contributed by atoms with Crippen LogP contribution < -0.4 is 13.8 Å². The molecule has 11 heteroatoms. The lowest BCUT2D eigenvalue weighted by Crippen LogP contribution is -2.32. The fourth-order valence-electron chi connectivity index (χ4n) is 2.68. The van der Waals surface area contributed by atoms with Crippen LogP contribution in [0.3, 0.4) is 0 Å². The third-order valence-electron chi connectivity index (χ3n) is 4.17. The van der Waals surface area contributed by atoms with Crippen LogP contribution in [-0.2, 0) is 16.6 Å². The van der Waals surface area contributed by atoms with E-state index in [4.69, 9.17) is 9.47 Å². The van der Waals surface area contributed by atoms with Crippen molar-refractivity contribution in [1.29, 1.82) is 0 Å². The van der Waals surface area contributed by atoms with E-state index in [0.29, 0.717) is 23.1 Å². The van der Waals surface area contributed by atoms with Gasteiger partial charge in [0, 0.05) is 30.0 Å². The predicted molar refractivity (Wildman–Crippen MR) is 109 cm³/mol. The van der Waals surface area contributed by atoms with Crippen LogP contribution in [0.2, 0.25) is 0 Å². The van der Waals surface area contributed by atoms with E-state index in [0.717, 1.165) is 10.4 Å². The van der Waals surface area contributed by atoms with Crippen LogP contribution in [-0.4, -0.2) is 32.6 Å². The molecule has 0 bridgehead atoms. The van der Waals surface area contributed by atoms with Gasteiger partial charge in [0.15, 0.2) is 0 Å². The number of hydrogen-bond donors (Lipinski definition) is 0. The number of aromatic nitrogens is 2. The topological polar surface area (TPSA) is 81.6 Å². The third kappa shape index (κ3) is 4.36. The van der Waals surface area contributed by atoms with E-state index in [2.05, 4.69) is 25.9 Å². The molecule has 158 valence electrons. The zero-order valence-corrected chi connectivity index (χ0v) is 18.2. The second-order valence-corrected chi connectivity index (χ2v) is 8.64. The van der Waals surface area contributed by atoms with Gasteiger partial charge in [0.05, 0.1) is 25.2 Å². The van der Waals surface area contributed by atoms with Crippen molar-refractivity contribution in [2.24, 2.45) is 0 Å². The van der Waals surface area contributed by atoms with Crippen LogP contribution in [0.4, 0.5) is 14.6 Å². The van der Waals surface area contributed by atoms with Gasteiger partial charge in [-0.25, -0.2) is 31.5 Å². The van der Waals surface area contributed by atoms with Crippen molar-refractivity contribution in [3.63, 3.8) is 0 Å². The number of sulfonamides is 1.